The molecule has 8 nitrogen and oxygen atoms in total. The Hall–Kier alpha value is -3.16. The molecule has 3 aromatic heterocycles. The Morgan fingerprint density at radius 2 is 2.13 bits per heavy atom. The van der Waals surface area contributed by atoms with Crippen molar-refractivity contribution in [2.45, 2.75) is 50.6 Å². The van der Waals surface area contributed by atoms with Crippen molar-refractivity contribution in [3.8, 4) is 17.3 Å². The van der Waals surface area contributed by atoms with Gasteiger partial charge in [-0.3, -0.25) is 9.48 Å². The standard InChI is InChI=1S/C22H24N6O2/c1-13-6-7-19-23-11-17(28(13)19)16-4-3-5-18(24-16)25-20(29)15-12-27(26-21(15)30-2)22-8-14(9-22)10-22/h3-5,11-14H,6-10H2,1-2H3,(H,24,25,29)/t13-,14?,22?/m0/s1. The normalized spacial score (nSPS) is 25.9. The molecule has 2 bridgehead atoms. The number of anilines is 1. The summed E-state index contributed by atoms with van der Waals surface area (Å²) in [6.07, 6.45) is 9.22. The molecule has 154 valence electrons. The van der Waals surface area contributed by atoms with Crippen molar-refractivity contribution in [2.24, 2.45) is 5.92 Å². The molecule has 3 aliphatic carbocycles. The number of hydrogen-bond acceptors (Lipinski definition) is 5. The smallest absolute Gasteiger partial charge is 0.263 e. The summed E-state index contributed by atoms with van der Waals surface area (Å²) in [5, 5.41) is 7.45. The first-order valence-corrected chi connectivity index (χ1v) is 10.6. The minimum Gasteiger partial charge on any atom is -0.479 e. The molecule has 3 fully saturated rings. The van der Waals surface area contributed by atoms with Crippen molar-refractivity contribution in [3.05, 3.63) is 42.0 Å². The fourth-order valence-corrected chi connectivity index (χ4v) is 5.18. The Morgan fingerprint density at radius 1 is 1.30 bits per heavy atom. The summed E-state index contributed by atoms with van der Waals surface area (Å²) in [5.41, 5.74) is 2.33. The second-order valence-corrected chi connectivity index (χ2v) is 8.88. The van der Waals surface area contributed by atoms with Gasteiger partial charge in [0, 0.05) is 18.7 Å². The van der Waals surface area contributed by atoms with E-state index in [0.717, 1.165) is 55.2 Å². The zero-order valence-corrected chi connectivity index (χ0v) is 17.1. The van der Waals surface area contributed by atoms with Gasteiger partial charge in [-0.25, -0.2) is 9.97 Å². The van der Waals surface area contributed by atoms with Crippen LogP contribution in [-0.4, -0.2) is 37.3 Å². The van der Waals surface area contributed by atoms with E-state index in [0.29, 0.717) is 23.3 Å². The van der Waals surface area contributed by atoms with Gasteiger partial charge >= 0.3 is 0 Å². The topological polar surface area (TPSA) is 86.9 Å². The van der Waals surface area contributed by atoms with Gasteiger partial charge in [-0.05, 0) is 50.7 Å². The fraction of sp³-hybridized carbons (Fsp3) is 0.455. The number of nitrogens with zero attached hydrogens (tertiary/aromatic N) is 5. The highest BCUT2D eigenvalue weighted by Crippen LogP contribution is 2.62. The van der Waals surface area contributed by atoms with Crippen LogP contribution in [0.4, 0.5) is 5.82 Å². The number of methoxy groups -OCH3 is 1. The number of nitrogens with one attached hydrogen (secondary N) is 1. The van der Waals surface area contributed by atoms with Gasteiger partial charge in [0.2, 0.25) is 5.88 Å². The number of pyridine rings is 1. The van der Waals surface area contributed by atoms with Gasteiger partial charge in [-0.15, -0.1) is 5.10 Å². The molecule has 3 saturated carbocycles. The van der Waals surface area contributed by atoms with Crippen molar-refractivity contribution >= 4 is 11.7 Å². The molecule has 0 unspecified atom stereocenters. The summed E-state index contributed by atoms with van der Waals surface area (Å²) in [6.45, 7) is 2.20. The van der Waals surface area contributed by atoms with E-state index in [9.17, 15) is 4.79 Å². The first-order valence-electron chi connectivity index (χ1n) is 10.6. The largest absolute Gasteiger partial charge is 0.479 e. The Balaban J connectivity index is 1.27. The van der Waals surface area contributed by atoms with Crippen LogP contribution >= 0.6 is 0 Å². The third-order valence-corrected chi connectivity index (χ3v) is 6.96. The monoisotopic (exact) mass is 404 g/mol. The van der Waals surface area contributed by atoms with Crippen LogP contribution in [0.25, 0.3) is 11.4 Å². The molecular formula is C22H24N6O2. The molecular weight excluding hydrogens is 380 g/mol. The number of amides is 1. The number of rotatable bonds is 5. The number of hydrogen-bond donors (Lipinski definition) is 1. The van der Waals surface area contributed by atoms with Crippen molar-refractivity contribution < 1.29 is 9.53 Å². The molecule has 3 aromatic rings. The molecule has 0 spiro atoms. The van der Waals surface area contributed by atoms with Crippen LogP contribution in [0.1, 0.15) is 54.8 Å². The van der Waals surface area contributed by atoms with E-state index in [1.165, 1.54) is 0 Å². The van der Waals surface area contributed by atoms with Crippen LogP contribution in [0.3, 0.4) is 0 Å². The molecule has 30 heavy (non-hydrogen) atoms. The maximum Gasteiger partial charge on any atom is 0.263 e. The van der Waals surface area contributed by atoms with E-state index < -0.39 is 0 Å². The van der Waals surface area contributed by atoms with E-state index >= 15 is 0 Å². The van der Waals surface area contributed by atoms with Gasteiger partial charge in [0.15, 0.2) is 0 Å². The third kappa shape index (κ3) is 2.45. The number of ether oxygens (including phenoxy) is 1. The van der Waals surface area contributed by atoms with Crippen LogP contribution < -0.4 is 10.1 Å². The zero-order valence-electron chi connectivity index (χ0n) is 17.1. The summed E-state index contributed by atoms with van der Waals surface area (Å²) in [6, 6.07) is 6.06. The molecule has 0 radical (unpaired) electrons. The first-order chi connectivity index (χ1) is 14.6. The maximum atomic E-state index is 13.0. The molecule has 4 heterocycles. The fourth-order valence-electron chi connectivity index (χ4n) is 5.18. The Kier molecular flexibility index (Phi) is 3.63. The molecule has 1 N–H and O–H groups in total. The van der Waals surface area contributed by atoms with E-state index in [2.05, 4.69) is 31.9 Å². The minimum atomic E-state index is -0.263. The molecule has 8 heteroatoms. The second-order valence-electron chi connectivity index (χ2n) is 8.88. The summed E-state index contributed by atoms with van der Waals surface area (Å²) in [4.78, 5) is 22.2. The maximum absolute atomic E-state index is 13.0. The van der Waals surface area contributed by atoms with E-state index in [1.807, 2.05) is 29.2 Å². The lowest BCUT2D eigenvalue weighted by Gasteiger charge is -2.61. The molecule has 0 saturated heterocycles. The lowest BCUT2D eigenvalue weighted by molar-refractivity contribution is -0.0982. The predicted molar refractivity (Wildman–Crippen MR) is 111 cm³/mol. The Morgan fingerprint density at radius 3 is 2.87 bits per heavy atom. The quantitative estimate of drug-likeness (QED) is 0.704. The average Bonchev–Trinajstić information content (AvgIpc) is 3.36. The summed E-state index contributed by atoms with van der Waals surface area (Å²) < 4.78 is 9.56. The van der Waals surface area contributed by atoms with Crippen LogP contribution in [-0.2, 0) is 12.0 Å². The van der Waals surface area contributed by atoms with Crippen molar-refractivity contribution in [3.63, 3.8) is 0 Å². The number of imidazole rings is 1. The zero-order chi connectivity index (χ0) is 20.5. The van der Waals surface area contributed by atoms with Gasteiger partial charge in [-0.2, -0.15) is 0 Å². The lowest BCUT2D eigenvalue weighted by atomic mass is 9.50. The molecule has 7 rings (SSSR count). The number of carbonyl (C=O) groups is 1. The van der Waals surface area contributed by atoms with Crippen LogP contribution in [0.2, 0.25) is 0 Å². The third-order valence-electron chi connectivity index (χ3n) is 6.96. The minimum absolute atomic E-state index is 0.105. The number of carbonyl (C=O) groups excluding carboxylic acids is 1. The van der Waals surface area contributed by atoms with Gasteiger partial charge < -0.3 is 14.6 Å². The SMILES string of the molecule is COc1nn(C23CC(C2)C3)cc1C(=O)Nc1cccc(-c2cnc3n2[C@@H](C)CC3)n1. The molecule has 1 amide bonds. The Bertz CT molecular complexity index is 1150. The molecule has 4 aliphatic rings. The van der Waals surface area contributed by atoms with E-state index in [-0.39, 0.29) is 11.4 Å². The highest BCUT2D eigenvalue weighted by atomic mass is 16.5. The van der Waals surface area contributed by atoms with E-state index in [1.54, 1.807) is 13.2 Å². The van der Waals surface area contributed by atoms with Gasteiger partial charge in [0.25, 0.3) is 5.91 Å². The van der Waals surface area contributed by atoms with Crippen LogP contribution in [0.5, 0.6) is 5.88 Å². The first kappa shape index (κ1) is 17.7. The average molecular weight is 404 g/mol. The van der Waals surface area contributed by atoms with Crippen molar-refractivity contribution in [2.75, 3.05) is 12.4 Å². The molecule has 1 aliphatic heterocycles. The van der Waals surface area contributed by atoms with Crippen molar-refractivity contribution in [1.82, 2.24) is 24.3 Å². The lowest BCUT2D eigenvalue weighted by Crippen LogP contribution is -2.59. The second kappa shape index (κ2) is 6.17. The number of aryl methyl sites for hydroxylation is 1. The van der Waals surface area contributed by atoms with Gasteiger partial charge in [0.05, 0.1) is 30.2 Å². The van der Waals surface area contributed by atoms with Crippen LogP contribution in [0, 0.1) is 5.92 Å². The number of fused-ring (bicyclic) bond motifs is 1. The molecule has 0 aromatic carbocycles. The number of aromatic nitrogens is 5. The van der Waals surface area contributed by atoms with Crippen LogP contribution in [0.15, 0.2) is 30.6 Å². The summed E-state index contributed by atoms with van der Waals surface area (Å²) in [5.74, 6) is 2.52. The summed E-state index contributed by atoms with van der Waals surface area (Å²) in [7, 11) is 1.55. The van der Waals surface area contributed by atoms with Crippen molar-refractivity contribution in [1.29, 1.82) is 0 Å². The van der Waals surface area contributed by atoms with Gasteiger partial charge in [-0.1, -0.05) is 6.07 Å². The summed E-state index contributed by atoms with van der Waals surface area (Å²) >= 11 is 0. The van der Waals surface area contributed by atoms with E-state index in [4.69, 9.17) is 4.74 Å². The highest BCUT2D eigenvalue weighted by Gasteiger charge is 2.59. The molecule has 1 atom stereocenters. The predicted octanol–water partition coefficient (Wildman–Crippen LogP) is 3.42. The van der Waals surface area contributed by atoms with Gasteiger partial charge in [0.1, 0.15) is 17.2 Å². The Labute approximate surface area is 174 Å². The highest BCUT2D eigenvalue weighted by molar-refractivity contribution is 6.05.